The number of carbonyl (C=O) groups excluding carboxylic acids is 1. The van der Waals surface area contributed by atoms with Crippen molar-refractivity contribution in [2.45, 2.75) is 38.6 Å². The van der Waals surface area contributed by atoms with Crippen molar-refractivity contribution in [2.75, 3.05) is 6.61 Å². The molecule has 1 amide bonds. The van der Waals surface area contributed by atoms with Crippen LogP contribution in [0.1, 0.15) is 38.2 Å². The first-order valence-electron chi connectivity index (χ1n) is 7.01. The second-order valence-corrected chi connectivity index (χ2v) is 5.16. The molecule has 21 heavy (non-hydrogen) atoms. The smallest absolute Gasteiger partial charge is 0.258 e. The number of hydrogen-bond acceptors (Lipinski definition) is 4. The molecular formula is C15H19FN2O3. The van der Waals surface area contributed by atoms with E-state index in [0.717, 1.165) is 25.7 Å². The lowest BCUT2D eigenvalue weighted by atomic mass is 10.1. The molecule has 0 aromatic heterocycles. The van der Waals surface area contributed by atoms with Crippen molar-refractivity contribution >= 4 is 11.6 Å². The van der Waals surface area contributed by atoms with E-state index in [0.29, 0.717) is 11.3 Å². The van der Waals surface area contributed by atoms with Gasteiger partial charge in [-0.15, -0.1) is 0 Å². The van der Waals surface area contributed by atoms with Crippen LogP contribution in [0.4, 0.5) is 4.39 Å². The van der Waals surface area contributed by atoms with Crippen molar-refractivity contribution in [2.24, 2.45) is 5.16 Å². The van der Waals surface area contributed by atoms with Gasteiger partial charge in [0.2, 0.25) is 0 Å². The van der Waals surface area contributed by atoms with Crippen molar-refractivity contribution in [3.63, 3.8) is 0 Å². The van der Waals surface area contributed by atoms with Gasteiger partial charge in [0.1, 0.15) is 11.6 Å². The van der Waals surface area contributed by atoms with E-state index in [4.69, 9.17) is 9.94 Å². The number of halogens is 1. The lowest BCUT2D eigenvalue weighted by Crippen LogP contribution is -2.36. The molecule has 0 aliphatic heterocycles. The maximum Gasteiger partial charge on any atom is 0.258 e. The van der Waals surface area contributed by atoms with E-state index in [1.54, 1.807) is 6.92 Å². The molecule has 114 valence electrons. The molecule has 2 N–H and O–H groups in total. The minimum absolute atomic E-state index is 0.187. The SMILES string of the molecule is CC(=NO)c1ccc(F)cc1OCC(=O)NC1CCCC1. The van der Waals surface area contributed by atoms with Crippen LogP contribution in [0.5, 0.6) is 5.75 Å². The van der Waals surface area contributed by atoms with Crippen LogP contribution in [-0.4, -0.2) is 29.5 Å². The van der Waals surface area contributed by atoms with E-state index in [1.807, 2.05) is 0 Å². The number of carbonyl (C=O) groups is 1. The van der Waals surface area contributed by atoms with Crippen molar-refractivity contribution in [1.82, 2.24) is 5.32 Å². The van der Waals surface area contributed by atoms with Gasteiger partial charge in [0.25, 0.3) is 5.91 Å². The highest BCUT2D eigenvalue weighted by Crippen LogP contribution is 2.21. The van der Waals surface area contributed by atoms with E-state index in [1.165, 1.54) is 18.2 Å². The maximum absolute atomic E-state index is 13.3. The minimum Gasteiger partial charge on any atom is -0.483 e. The van der Waals surface area contributed by atoms with Crippen LogP contribution < -0.4 is 10.1 Å². The normalized spacial score (nSPS) is 16.0. The van der Waals surface area contributed by atoms with E-state index in [9.17, 15) is 9.18 Å². The van der Waals surface area contributed by atoms with E-state index >= 15 is 0 Å². The van der Waals surface area contributed by atoms with E-state index < -0.39 is 5.82 Å². The summed E-state index contributed by atoms with van der Waals surface area (Å²) in [7, 11) is 0. The standard InChI is InChI=1S/C15H19FN2O3/c1-10(18-20)13-7-6-11(16)8-14(13)21-9-15(19)17-12-4-2-3-5-12/h6-8,12,20H,2-5,9H2,1H3,(H,17,19). The van der Waals surface area contributed by atoms with E-state index in [-0.39, 0.29) is 24.3 Å². The van der Waals surface area contributed by atoms with Gasteiger partial charge in [-0.25, -0.2) is 4.39 Å². The summed E-state index contributed by atoms with van der Waals surface area (Å²) in [6.45, 7) is 1.38. The summed E-state index contributed by atoms with van der Waals surface area (Å²) in [5, 5.41) is 14.8. The van der Waals surface area contributed by atoms with Gasteiger partial charge in [-0.05, 0) is 31.9 Å². The van der Waals surface area contributed by atoms with Crippen LogP contribution in [0.2, 0.25) is 0 Å². The summed E-state index contributed by atoms with van der Waals surface area (Å²) < 4.78 is 18.7. The van der Waals surface area contributed by atoms with Gasteiger partial charge < -0.3 is 15.3 Å². The van der Waals surface area contributed by atoms with Gasteiger partial charge in [0, 0.05) is 17.7 Å². The number of rotatable bonds is 5. The third-order valence-electron chi connectivity index (χ3n) is 3.56. The monoisotopic (exact) mass is 294 g/mol. The molecular weight excluding hydrogens is 275 g/mol. The Morgan fingerprint density at radius 2 is 2.19 bits per heavy atom. The molecule has 0 saturated heterocycles. The van der Waals surface area contributed by atoms with Crippen molar-refractivity contribution in [3.8, 4) is 5.75 Å². The maximum atomic E-state index is 13.3. The predicted octanol–water partition coefficient (Wildman–Crippen LogP) is 2.46. The Morgan fingerprint density at radius 1 is 1.48 bits per heavy atom. The summed E-state index contributed by atoms with van der Waals surface area (Å²) >= 11 is 0. The average molecular weight is 294 g/mol. The summed E-state index contributed by atoms with van der Waals surface area (Å²) in [4.78, 5) is 11.8. The number of ether oxygens (including phenoxy) is 1. The third kappa shape index (κ3) is 4.18. The van der Waals surface area contributed by atoms with Crippen LogP contribution >= 0.6 is 0 Å². The molecule has 1 aromatic rings. The van der Waals surface area contributed by atoms with Crippen LogP contribution in [0, 0.1) is 5.82 Å². The minimum atomic E-state index is -0.476. The third-order valence-corrected chi connectivity index (χ3v) is 3.56. The predicted molar refractivity (Wildman–Crippen MR) is 76.3 cm³/mol. The Hall–Kier alpha value is -2.11. The highest BCUT2D eigenvalue weighted by atomic mass is 19.1. The topological polar surface area (TPSA) is 70.9 Å². The molecule has 5 nitrogen and oxygen atoms in total. The molecule has 0 radical (unpaired) electrons. The highest BCUT2D eigenvalue weighted by molar-refractivity contribution is 6.00. The lowest BCUT2D eigenvalue weighted by Gasteiger charge is -2.14. The average Bonchev–Trinajstić information content (AvgIpc) is 2.97. The summed E-state index contributed by atoms with van der Waals surface area (Å²) in [5.74, 6) is -0.515. The molecule has 0 bridgehead atoms. The Balaban J connectivity index is 1.98. The number of oxime groups is 1. The Kier molecular flexibility index (Phi) is 5.14. The van der Waals surface area contributed by atoms with Gasteiger partial charge in [0.05, 0.1) is 5.71 Å². The van der Waals surface area contributed by atoms with Gasteiger partial charge in [-0.1, -0.05) is 18.0 Å². The number of amides is 1. The van der Waals surface area contributed by atoms with Crippen molar-refractivity contribution in [1.29, 1.82) is 0 Å². The van der Waals surface area contributed by atoms with Crippen molar-refractivity contribution in [3.05, 3.63) is 29.6 Å². The molecule has 0 unspecified atom stereocenters. The van der Waals surface area contributed by atoms with Gasteiger partial charge >= 0.3 is 0 Å². The Bertz CT molecular complexity index is 540. The fourth-order valence-electron chi connectivity index (χ4n) is 2.45. The zero-order chi connectivity index (χ0) is 15.2. The zero-order valence-corrected chi connectivity index (χ0v) is 11.9. The molecule has 1 aliphatic carbocycles. The number of benzene rings is 1. The van der Waals surface area contributed by atoms with Crippen LogP contribution in [0.15, 0.2) is 23.4 Å². The number of nitrogens with zero attached hydrogens (tertiary/aromatic N) is 1. The first-order chi connectivity index (χ1) is 10.1. The molecule has 6 heteroatoms. The summed E-state index contributed by atoms with van der Waals surface area (Å²) in [6, 6.07) is 4.09. The van der Waals surface area contributed by atoms with Gasteiger partial charge in [-0.2, -0.15) is 0 Å². The van der Waals surface area contributed by atoms with Crippen LogP contribution in [-0.2, 0) is 4.79 Å². The van der Waals surface area contributed by atoms with Crippen LogP contribution in [0.3, 0.4) is 0 Å². The number of hydrogen-bond donors (Lipinski definition) is 2. The van der Waals surface area contributed by atoms with Crippen molar-refractivity contribution < 1.29 is 19.1 Å². The molecule has 1 aromatic carbocycles. The summed E-state index contributed by atoms with van der Waals surface area (Å²) in [5.41, 5.74) is 0.744. The molecule has 1 fully saturated rings. The molecule has 1 saturated carbocycles. The largest absolute Gasteiger partial charge is 0.483 e. The van der Waals surface area contributed by atoms with Gasteiger partial charge in [-0.3, -0.25) is 4.79 Å². The fourth-order valence-corrected chi connectivity index (χ4v) is 2.45. The lowest BCUT2D eigenvalue weighted by molar-refractivity contribution is -0.123. The first kappa shape index (κ1) is 15.3. The second kappa shape index (κ2) is 7.06. The zero-order valence-electron chi connectivity index (χ0n) is 11.9. The molecule has 2 rings (SSSR count). The molecule has 0 atom stereocenters. The Morgan fingerprint density at radius 3 is 2.86 bits per heavy atom. The molecule has 0 spiro atoms. The van der Waals surface area contributed by atoms with Gasteiger partial charge in [0.15, 0.2) is 6.61 Å². The Labute approximate surface area is 122 Å². The molecule has 0 heterocycles. The first-order valence-corrected chi connectivity index (χ1v) is 7.01. The molecule has 1 aliphatic rings. The second-order valence-electron chi connectivity index (χ2n) is 5.16. The quantitative estimate of drug-likeness (QED) is 0.498. The number of nitrogens with one attached hydrogen (secondary N) is 1. The highest BCUT2D eigenvalue weighted by Gasteiger charge is 2.18. The van der Waals surface area contributed by atoms with Crippen LogP contribution in [0.25, 0.3) is 0 Å². The van der Waals surface area contributed by atoms with E-state index in [2.05, 4.69) is 10.5 Å². The summed E-state index contributed by atoms with van der Waals surface area (Å²) in [6.07, 6.45) is 4.25. The fraction of sp³-hybridized carbons (Fsp3) is 0.467.